The number of nitrogens with zero attached hydrogens (tertiary/aromatic N) is 1. The van der Waals surface area contributed by atoms with E-state index in [-0.39, 0.29) is 17.9 Å². The highest BCUT2D eigenvalue weighted by Crippen LogP contribution is 2.25. The number of aldehydes is 1. The number of rotatable bonds is 5. The predicted molar refractivity (Wildman–Crippen MR) is 66.3 cm³/mol. The zero-order valence-corrected chi connectivity index (χ0v) is 10.3. The third kappa shape index (κ3) is 2.06. The Kier molecular flexibility index (Phi) is 3.55. The van der Waals surface area contributed by atoms with Crippen LogP contribution in [0.25, 0.3) is 0 Å². The van der Waals surface area contributed by atoms with Crippen LogP contribution in [0.1, 0.15) is 46.9 Å². The summed E-state index contributed by atoms with van der Waals surface area (Å²) in [6, 6.07) is 6.69. The third-order valence-electron chi connectivity index (χ3n) is 3.21. The van der Waals surface area contributed by atoms with Crippen molar-refractivity contribution in [3.8, 4) is 0 Å². The van der Waals surface area contributed by atoms with Crippen molar-refractivity contribution in [3.05, 3.63) is 35.4 Å². The van der Waals surface area contributed by atoms with Crippen LogP contribution >= 0.6 is 0 Å². The van der Waals surface area contributed by atoms with Crippen LogP contribution in [0.5, 0.6) is 0 Å². The monoisotopic (exact) mass is 245 g/mol. The molecular formula is C14H15NO3. The Morgan fingerprint density at radius 1 is 1.17 bits per heavy atom. The molecule has 0 bridgehead atoms. The van der Waals surface area contributed by atoms with E-state index in [9.17, 15) is 14.4 Å². The molecule has 1 atom stereocenters. The largest absolute Gasteiger partial charge is 0.303 e. The Bertz CT molecular complexity index is 461. The molecule has 0 aliphatic carbocycles. The van der Waals surface area contributed by atoms with Gasteiger partial charge in [0.05, 0.1) is 11.1 Å². The quantitative estimate of drug-likeness (QED) is 0.453. The van der Waals surface area contributed by atoms with Gasteiger partial charge in [-0.25, -0.2) is 0 Å². The van der Waals surface area contributed by atoms with Gasteiger partial charge in [0.1, 0.15) is 6.29 Å². The summed E-state index contributed by atoms with van der Waals surface area (Å²) in [4.78, 5) is 35.8. The van der Waals surface area contributed by atoms with E-state index in [0.717, 1.165) is 6.29 Å². The lowest BCUT2D eigenvalue weighted by molar-refractivity contribution is -0.107. The van der Waals surface area contributed by atoms with Crippen LogP contribution in [-0.4, -0.2) is 29.0 Å². The summed E-state index contributed by atoms with van der Waals surface area (Å²) >= 11 is 0. The summed E-state index contributed by atoms with van der Waals surface area (Å²) in [7, 11) is 0. The van der Waals surface area contributed by atoms with Crippen LogP contribution in [0.2, 0.25) is 0 Å². The summed E-state index contributed by atoms with van der Waals surface area (Å²) in [5.74, 6) is -0.455. The number of imide groups is 1. The maximum atomic E-state index is 12.1. The fraction of sp³-hybridized carbons (Fsp3) is 0.357. The van der Waals surface area contributed by atoms with Crippen molar-refractivity contribution >= 4 is 18.1 Å². The van der Waals surface area contributed by atoms with Gasteiger partial charge in [0.15, 0.2) is 0 Å². The number of fused-ring (bicyclic) bond motifs is 1. The van der Waals surface area contributed by atoms with Crippen molar-refractivity contribution < 1.29 is 14.4 Å². The highest BCUT2D eigenvalue weighted by atomic mass is 16.2. The maximum absolute atomic E-state index is 12.1. The highest BCUT2D eigenvalue weighted by Gasteiger charge is 2.37. The molecule has 0 spiro atoms. The van der Waals surface area contributed by atoms with Crippen LogP contribution < -0.4 is 0 Å². The van der Waals surface area contributed by atoms with Crippen molar-refractivity contribution in [1.29, 1.82) is 0 Å². The SMILES string of the molecule is CC(CCCC=O)N1C(=O)c2ccccc2C1=O. The van der Waals surface area contributed by atoms with Gasteiger partial charge in [0.2, 0.25) is 0 Å². The molecule has 94 valence electrons. The van der Waals surface area contributed by atoms with E-state index in [1.807, 2.05) is 6.92 Å². The van der Waals surface area contributed by atoms with E-state index in [1.165, 1.54) is 4.90 Å². The first-order valence-corrected chi connectivity index (χ1v) is 6.07. The molecule has 1 unspecified atom stereocenters. The van der Waals surface area contributed by atoms with Gasteiger partial charge in [-0.2, -0.15) is 0 Å². The summed E-state index contributed by atoms with van der Waals surface area (Å²) in [6.07, 6.45) is 2.67. The van der Waals surface area contributed by atoms with Crippen LogP contribution in [-0.2, 0) is 4.79 Å². The molecule has 2 amide bonds. The maximum Gasteiger partial charge on any atom is 0.261 e. The van der Waals surface area contributed by atoms with Crippen molar-refractivity contribution in [2.75, 3.05) is 0 Å². The molecule has 0 N–H and O–H groups in total. The number of unbranched alkanes of at least 4 members (excludes halogenated alkanes) is 1. The van der Waals surface area contributed by atoms with Gasteiger partial charge >= 0.3 is 0 Å². The van der Waals surface area contributed by atoms with Crippen molar-refractivity contribution in [3.63, 3.8) is 0 Å². The second-order valence-corrected chi connectivity index (χ2v) is 4.47. The molecule has 1 aromatic rings. The van der Waals surface area contributed by atoms with Crippen LogP contribution in [0.4, 0.5) is 0 Å². The molecule has 1 aliphatic heterocycles. The molecule has 1 aromatic carbocycles. The number of hydrogen-bond acceptors (Lipinski definition) is 3. The first-order valence-electron chi connectivity index (χ1n) is 6.07. The average Bonchev–Trinajstić information content (AvgIpc) is 2.63. The molecule has 1 heterocycles. The number of carbonyl (C=O) groups excluding carboxylic acids is 3. The molecule has 4 nitrogen and oxygen atoms in total. The second kappa shape index (κ2) is 5.12. The van der Waals surface area contributed by atoms with E-state index in [0.29, 0.717) is 30.4 Å². The van der Waals surface area contributed by atoms with Crippen LogP contribution in [0, 0.1) is 0 Å². The molecule has 0 radical (unpaired) electrons. The molecule has 0 saturated carbocycles. The number of amides is 2. The zero-order chi connectivity index (χ0) is 13.1. The van der Waals surface area contributed by atoms with Gasteiger partial charge < -0.3 is 4.79 Å². The van der Waals surface area contributed by atoms with Crippen LogP contribution in [0.15, 0.2) is 24.3 Å². The third-order valence-corrected chi connectivity index (χ3v) is 3.21. The Labute approximate surface area is 106 Å². The fourth-order valence-electron chi connectivity index (χ4n) is 2.23. The van der Waals surface area contributed by atoms with Gasteiger partial charge in [-0.05, 0) is 31.9 Å². The standard InChI is InChI=1S/C14H15NO3/c1-10(6-4-5-9-16)15-13(17)11-7-2-3-8-12(11)14(15)18/h2-3,7-10H,4-6H2,1H3. The van der Waals surface area contributed by atoms with Crippen LogP contribution in [0.3, 0.4) is 0 Å². The lowest BCUT2D eigenvalue weighted by Gasteiger charge is -2.22. The van der Waals surface area contributed by atoms with E-state index < -0.39 is 0 Å². The minimum atomic E-state index is -0.228. The van der Waals surface area contributed by atoms with E-state index in [1.54, 1.807) is 24.3 Å². The molecule has 2 rings (SSSR count). The minimum Gasteiger partial charge on any atom is -0.303 e. The molecule has 0 fully saturated rings. The van der Waals surface area contributed by atoms with Gasteiger partial charge in [-0.3, -0.25) is 14.5 Å². The Morgan fingerprint density at radius 3 is 2.22 bits per heavy atom. The summed E-state index contributed by atoms with van der Waals surface area (Å²) < 4.78 is 0. The fourth-order valence-corrected chi connectivity index (χ4v) is 2.23. The van der Waals surface area contributed by atoms with Gasteiger partial charge in [0.25, 0.3) is 11.8 Å². The average molecular weight is 245 g/mol. The van der Waals surface area contributed by atoms with Crippen molar-refractivity contribution in [2.24, 2.45) is 0 Å². The molecule has 0 saturated heterocycles. The highest BCUT2D eigenvalue weighted by molar-refractivity contribution is 6.21. The van der Waals surface area contributed by atoms with Gasteiger partial charge in [-0.1, -0.05) is 12.1 Å². The van der Waals surface area contributed by atoms with Gasteiger partial charge in [0, 0.05) is 12.5 Å². The van der Waals surface area contributed by atoms with E-state index >= 15 is 0 Å². The van der Waals surface area contributed by atoms with Crippen molar-refractivity contribution in [1.82, 2.24) is 4.90 Å². The van der Waals surface area contributed by atoms with E-state index in [4.69, 9.17) is 0 Å². The van der Waals surface area contributed by atoms with Crippen molar-refractivity contribution in [2.45, 2.75) is 32.2 Å². The number of carbonyl (C=O) groups is 3. The Balaban J connectivity index is 2.15. The predicted octanol–water partition coefficient (Wildman–Crippen LogP) is 2.04. The summed E-state index contributed by atoms with van der Waals surface area (Å²) in [5.41, 5.74) is 0.953. The number of hydrogen-bond donors (Lipinski definition) is 0. The minimum absolute atomic E-state index is 0.169. The van der Waals surface area contributed by atoms with E-state index in [2.05, 4.69) is 0 Å². The normalized spacial score (nSPS) is 15.7. The molecule has 1 aliphatic rings. The zero-order valence-electron chi connectivity index (χ0n) is 10.3. The lowest BCUT2D eigenvalue weighted by atomic mass is 10.1. The summed E-state index contributed by atoms with van der Waals surface area (Å²) in [5, 5.41) is 0. The lowest BCUT2D eigenvalue weighted by Crippen LogP contribution is -2.37. The Hall–Kier alpha value is -1.97. The number of benzene rings is 1. The first-order chi connectivity index (χ1) is 8.66. The smallest absolute Gasteiger partial charge is 0.261 e. The Morgan fingerprint density at radius 2 is 1.72 bits per heavy atom. The summed E-state index contributed by atoms with van der Waals surface area (Å²) in [6.45, 7) is 1.84. The first kappa shape index (κ1) is 12.5. The molecule has 4 heteroatoms. The molecule has 0 aromatic heterocycles. The topological polar surface area (TPSA) is 54.5 Å². The second-order valence-electron chi connectivity index (χ2n) is 4.47. The molecular weight excluding hydrogens is 230 g/mol. The molecule has 18 heavy (non-hydrogen) atoms. The van der Waals surface area contributed by atoms with Gasteiger partial charge in [-0.15, -0.1) is 0 Å².